The van der Waals surface area contributed by atoms with Crippen LogP contribution in [0.4, 0.5) is 0 Å². The number of fused-ring (bicyclic) bond motifs is 1. The summed E-state index contributed by atoms with van der Waals surface area (Å²) in [6.45, 7) is 6.85. The molecule has 0 unspecified atom stereocenters. The molecule has 0 fully saturated rings. The first-order valence-corrected chi connectivity index (χ1v) is 6.32. The van der Waals surface area contributed by atoms with Crippen molar-refractivity contribution in [1.29, 1.82) is 0 Å². The second-order valence-electron chi connectivity index (χ2n) is 4.68. The van der Waals surface area contributed by atoms with Gasteiger partial charge in [0.25, 0.3) is 0 Å². The van der Waals surface area contributed by atoms with Crippen molar-refractivity contribution in [3.05, 3.63) is 40.2 Å². The summed E-state index contributed by atoms with van der Waals surface area (Å²) in [4.78, 5) is 11.5. The van der Waals surface area contributed by atoms with Crippen molar-refractivity contribution in [3.8, 4) is 5.75 Å². The van der Waals surface area contributed by atoms with Crippen LogP contribution in [0.25, 0.3) is 11.0 Å². The van der Waals surface area contributed by atoms with E-state index < -0.39 is 0 Å². The van der Waals surface area contributed by atoms with E-state index in [1.165, 1.54) is 0 Å². The third-order valence-corrected chi connectivity index (χ3v) is 2.84. The Bertz CT molecular complexity index is 596. The van der Waals surface area contributed by atoms with Crippen molar-refractivity contribution >= 4 is 11.0 Å². The molecule has 0 bridgehead atoms. The molecule has 18 heavy (non-hydrogen) atoms. The predicted octanol–water partition coefficient (Wildman–Crippen LogP) is 3.71. The van der Waals surface area contributed by atoms with Gasteiger partial charge in [0, 0.05) is 17.5 Å². The van der Waals surface area contributed by atoms with Crippen molar-refractivity contribution in [3.63, 3.8) is 0 Å². The molecule has 0 saturated carbocycles. The van der Waals surface area contributed by atoms with Crippen LogP contribution in [-0.2, 0) is 0 Å². The van der Waals surface area contributed by atoms with Crippen molar-refractivity contribution in [2.24, 2.45) is 0 Å². The molecular formula is C15H18O3. The fourth-order valence-corrected chi connectivity index (χ4v) is 1.96. The molecule has 0 radical (unpaired) electrons. The molecule has 2 aromatic rings. The molecule has 0 saturated heterocycles. The van der Waals surface area contributed by atoms with Gasteiger partial charge in [-0.25, -0.2) is 4.79 Å². The van der Waals surface area contributed by atoms with Crippen molar-refractivity contribution < 1.29 is 9.15 Å². The third-order valence-electron chi connectivity index (χ3n) is 2.84. The Morgan fingerprint density at radius 3 is 2.72 bits per heavy atom. The van der Waals surface area contributed by atoms with Gasteiger partial charge < -0.3 is 9.15 Å². The number of benzene rings is 1. The quantitative estimate of drug-likeness (QED) is 0.772. The number of hydrogen-bond donors (Lipinski definition) is 0. The maximum Gasteiger partial charge on any atom is 0.336 e. The van der Waals surface area contributed by atoms with Gasteiger partial charge >= 0.3 is 5.63 Å². The van der Waals surface area contributed by atoms with Crippen LogP contribution in [0.3, 0.4) is 0 Å². The molecule has 3 heteroatoms. The minimum Gasteiger partial charge on any atom is -0.493 e. The molecule has 0 amide bonds. The largest absolute Gasteiger partial charge is 0.493 e. The minimum atomic E-state index is -0.307. The van der Waals surface area contributed by atoms with Gasteiger partial charge in [-0.1, -0.05) is 20.8 Å². The molecule has 1 aromatic carbocycles. The van der Waals surface area contributed by atoms with E-state index in [1.54, 1.807) is 12.1 Å². The average Bonchev–Trinajstić information content (AvgIpc) is 2.34. The molecule has 0 spiro atoms. The van der Waals surface area contributed by atoms with E-state index in [0.29, 0.717) is 18.1 Å². The summed E-state index contributed by atoms with van der Waals surface area (Å²) in [7, 11) is 0. The molecule has 0 N–H and O–H groups in total. The minimum absolute atomic E-state index is 0.291. The molecule has 0 atom stereocenters. The number of rotatable bonds is 4. The first-order valence-electron chi connectivity index (χ1n) is 6.32. The average molecular weight is 246 g/mol. The van der Waals surface area contributed by atoms with Gasteiger partial charge in [0.15, 0.2) is 0 Å². The van der Waals surface area contributed by atoms with Crippen molar-refractivity contribution in [1.82, 2.24) is 0 Å². The van der Waals surface area contributed by atoms with Crippen molar-refractivity contribution in [2.75, 3.05) is 6.61 Å². The van der Waals surface area contributed by atoms with E-state index in [0.717, 1.165) is 23.1 Å². The molecule has 1 heterocycles. The highest BCUT2D eigenvalue weighted by Gasteiger charge is 2.09. The Morgan fingerprint density at radius 1 is 1.28 bits per heavy atom. The van der Waals surface area contributed by atoms with E-state index in [-0.39, 0.29) is 5.63 Å². The normalized spacial score (nSPS) is 11.1. The predicted molar refractivity (Wildman–Crippen MR) is 72.4 cm³/mol. The molecule has 0 aliphatic heterocycles. The molecule has 2 rings (SSSR count). The van der Waals surface area contributed by atoms with Crippen LogP contribution in [0, 0.1) is 0 Å². The van der Waals surface area contributed by atoms with Gasteiger partial charge in [-0.2, -0.15) is 0 Å². The van der Waals surface area contributed by atoms with Gasteiger partial charge in [-0.15, -0.1) is 0 Å². The summed E-state index contributed by atoms with van der Waals surface area (Å²) in [5.41, 5.74) is 1.31. The number of hydrogen-bond acceptors (Lipinski definition) is 3. The summed E-state index contributed by atoms with van der Waals surface area (Å²) in [6, 6.07) is 7.24. The van der Waals surface area contributed by atoms with Crippen LogP contribution in [0.15, 0.2) is 33.5 Å². The zero-order valence-corrected chi connectivity index (χ0v) is 11.0. The van der Waals surface area contributed by atoms with Gasteiger partial charge in [0.05, 0.1) is 6.61 Å². The lowest BCUT2D eigenvalue weighted by molar-refractivity contribution is 0.317. The highest BCUT2D eigenvalue weighted by molar-refractivity contribution is 5.82. The molecule has 1 aromatic heterocycles. The van der Waals surface area contributed by atoms with E-state index in [4.69, 9.17) is 9.15 Å². The van der Waals surface area contributed by atoms with Gasteiger partial charge in [0.2, 0.25) is 0 Å². The van der Waals surface area contributed by atoms with Crippen LogP contribution in [-0.4, -0.2) is 6.61 Å². The molecular weight excluding hydrogens is 228 g/mol. The topological polar surface area (TPSA) is 39.4 Å². The van der Waals surface area contributed by atoms with Crippen LogP contribution in [0.2, 0.25) is 0 Å². The van der Waals surface area contributed by atoms with Crippen LogP contribution < -0.4 is 10.4 Å². The van der Waals surface area contributed by atoms with Gasteiger partial charge in [-0.05, 0) is 30.0 Å². The monoisotopic (exact) mass is 246 g/mol. The number of ether oxygens (including phenoxy) is 1. The fourth-order valence-electron chi connectivity index (χ4n) is 1.96. The maximum atomic E-state index is 11.5. The Hall–Kier alpha value is -1.77. The maximum absolute atomic E-state index is 11.5. The Balaban J connectivity index is 2.53. The second-order valence-corrected chi connectivity index (χ2v) is 4.68. The van der Waals surface area contributed by atoms with E-state index >= 15 is 0 Å². The third kappa shape index (κ3) is 2.55. The van der Waals surface area contributed by atoms with Gasteiger partial charge in [-0.3, -0.25) is 0 Å². The summed E-state index contributed by atoms with van der Waals surface area (Å²) < 4.78 is 10.8. The Kier molecular flexibility index (Phi) is 3.70. The Morgan fingerprint density at radius 2 is 2.06 bits per heavy atom. The van der Waals surface area contributed by atoms with Crippen LogP contribution >= 0.6 is 0 Å². The highest BCUT2D eigenvalue weighted by Crippen LogP contribution is 2.26. The zero-order chi connectivity index (χ0) is 13.1. The lowest BCUT2D eigenvalue weighted by Gasteiger charge is -2.10. The summed E-state index contributed by atoms with van der Waals surface area (Å²) in [5, 5.41) is 0.980. The summed E-state index contributed by atoms with van der Waals surface area (Å²) >= 11 is 0. The van der Waals surface area contributed by atoms with E-state index in [9.17, 15) is 4.79 Å². The van der Waals surface area contributed by atoms with Crippen molar-refractivity contribution in [2.45, 2.75) is 33.1 Å². The SMILES string of the molecule is CCCOc1ccc2c(C(C)C)cc(=O)oc2c1. The molecule has 96 valence electrons. The Labute approximate surface area is 106 Å². The second kappa shape index (κ2) is 5.25. The first-order chi connectivity index (χ1) is 8.61. The summed E-state index contributed by atoms with van der Waals surface area (Å²) in [6.07, 6.45) is 0.952. The zero-order valence-electron chi connectivity index (χ0n) is 11.0. The lowest BCUT2D eigenvalue weighted by atomic mass is 10.00. The lowest BCUT2D eigenvalue weighted by Crippen LogP contribution is -2.02. The molecule has 3 nitrogen and oxygen atoms in total. The van der Waals surface area contributed by atoms with Gasteiger partial charge in [0.1, 0.15) is 11.3 Å². The smallest absolute Gasteiger partial charge is 0.336 e. The fraction of sp³-hybridized carbons (Fsp3) is 0.400. The first kappa shape index (κ1) is 12.7. The molecule has 0 aliphatic carbocycles. The molecule has 0 aliphatic rings. The van der Waals surface area contributed by atoms with E-state index in [1.807, 2.05) is 12.1 Å². The van der Waals surface area contributed by atoms with E-state index in [2.05, 4.69) is 20.8 Å². The van der Waals surface area contributed by atoms with Crippen LogP contribution in [0.5, 0.6) is 5.75 Å². The van der Waals surface area contributed by atoms with Crippen LogP contribution in [0.1, 0.15) is 38.7 Å². The standard InChI is InChI=1S/C15H18O3/c1-4-7-17-11-5-6-12-13(10(2)3)9-15(16)18-14(12)8-11/h5-6,8-10H,4,7H2,1-3H3. The summed E-state index contributed by atoms with van der Waals surface area (Å²) in [5.74, 6) is 1.03. The highest BCUT2D eigenvalue weighted by atomic mass is 16.5.